The van der Waals surface area contributed by atoms with Gasteiger partial charge in [0.25, 0.3) is 0 Å². The van der Waals surface area contributed by atoms with E-state index in [1.807, 2.05) is 0 Å². The van der Waals surface area contributed by atoms with Crippen LogP contribution in [0.2, 0.25) is 0 Å². The Morgan fingerprint density at radius 3 is 2.21 bits per heavy atom. The third-order valence-electron chi connectivity index (χ3n) is 2.67. The normalized spacial score (nSPS) is 32.6. The summed E-state index contributed by atoms with van der Waals surface area (Å²) in [5.41, 5.74) is 2.14. The first-order chi connectivity index (χ1) is 6.81. The van der Waals surface area contributed by atoms with Gasteiger partial charge in [-0.3, -0.25) is 15.1 Å². The molecule has 6 heteroatoms. The first-order valence-electron chi connectivity index (χ1n) is 4.72. The van der Waals surface area contributed by atoms with Gasteiger partial charge in [0, 0.05) is 0 Å². The average molecular weight is 201 g/mol. The van der Waals surface area contributed by atoms with E-state index in [1.165, 1.54) is 0 Å². The van der Waals surface area contributed by atoms with Gasteiger partial charge in [-0.15, -0.1) is 0 Å². The number of rotatable bonds is 2. The summed E-state index contributed by atoms with van der Waals surface area (Å²) in [5, 5.41) is 0. The van der Waals surface area contributed by atoms with Crippen LogP contribution < -0.4 is 11.3 Å². The van der Waals surface area contributed by atoms with Crippen LogP contribution in [0.25, 0.3) is 0 Å². The van der Waals surface area contributed by atoms with Gasteiger partial charge in [0.1, 0.15) is 0 Å². The molecule has 2 aliphatic rings. The Morgan fingerprint density at radius 1 is 1.29 bits per heavy atom. The van der Waals surface area contributed by atoms with Crippen molar-refractivity contribution in [2.45, 2.75) is 12.1 Å². The number of morpholine rings is 2. The molecule has 0 spiro atoms. The molecule has 2 aliphatic heterocycles. The Balaban J connectivity index is 1.98. The number of hydrogen-bond donors (Lipinski definition) is 2. The molecule has 0 atom stereocenters. The molecule has 0 radical (unpaired) electrons. The highest BCUT2D eigenvalue weighted by Crippen LogP contribution is 2.18. The molecule has 1 amide bonds. The number of fused-ring (bicyclic) bond motifs is 2. The van der Waals surface area contributed by atoms with Gasteiger partial charge in [-0.1, -0.05) is 0 Å². The number of carbonyl (C=O) groups is 1. The third kappa shape index (κ3) is 1.88. The van der Waals surface area contributed by atoms with Crippen molar-refractivity contribution in [3.8, 4) is 0 Å². The largest absolute Gasteiger partial charge is 0.378 e. The van der Waals surface area contributed by atoms with Crippen LogP contribution >= 0.6 is 0 Å². The van der Waals surface area contributed by atoms with Crippen LogP contribution in [-0.2, 0) is 14.3 Å². The maximum absolute atomic E-state index is 11.2. The van der Waals surface area contributed by atoms with Crippen LogP contribution in [0.4, 0.5) is 0 Å². The van der Waals surface area contributed by atoms with Gasteiger partial charge in [0.05, 0.1) is 45.1 Å². The second-order valence-corrected chi connectivity index (χ2v) is 3.62. The van der Waals surface area contributed by atoms with Crippen LogP contribution in [0.15, 0.2) is 0 Å². The number of nitrogens with two attached hydrogens (primary N) is 1. The zero-order chi connectivity index (χ0) is 9.97. The first kappa shape index (κ1) is 9.85. The lowest BCUT2D eigenvalue weighted by Crippen LogP contribution is -2.61. The lowest BCUT2D eigenvalue weighted by atomic mass is 10.1. The highest BCUT2D eigenvalue weighted by Gasteiger charge is 2.36. The third-order valence-corrected chi connectivity index (χ3v) is 2.67. The second-order valence-electron chi connectivity index (χ2n) is 3.62. The fourth-order valence-corrected chi connectivity index (χ4v) is 1.93. The van der Waals surface area contributed by atoms with E-state index >= 15 is 0 Å². The van der Waals surface area contributed by atoms with Crippen molar-refractivity contribution in [2.75, 3.05) is 33.0 Å². The van der Waals surface area contributed by atoms with Crippen LogP contribution in [0.5, 0.6) is 0 Å². The molecule has 0 aromatic rings. The van der Waals surface area contributed by atoms with Crippen LogP contribution in [0, 0.1) is 0 Å². The van der Waals surface area contributed by atoms with E-state index in [2.05, 4.69) is 10.3 Å². The van der Waals surface area contributed by atoms with Gasteiger partial charge < -0.3 is 9.47 Å². The number of carbonyl (C=O) groups excluding carboxylic acids is 1. The van der Waals surface area contributed by atoms with E-state index in [4.69, 9.17) is 15.3 Å². The van der Waals surface area contributed by atoms with Crippen LogP contribution in [-0.4, -0.2) is 55.9 Å². The van der Waals surface area contributed by atoms with Gasteiger partial charge in [-0.05, 0) is 0 Å². The maximum Gasteiger partial charge on any atom is 0.248 e. The number of hydrazine groups is 1. The van der Waals surface area contributed by atoms with Crippen molar-refractivity contribution in [1.82, 2.24) is 10.3 Å². The molecule has 2 heterocycles. The van der Waals surface area contributed by atoms with Gasteiger partial charge >= 0.3 is 0 Å². The standard InChI is InChI=1S/C8H15N3O3/c9-10-8(12)1-11-6-2-13-4-7(11)5-14-3-6/h6-7H,1-5,9H2,(H,10,12). The topological polar surface area (TPSA) is 76.8 Å². The second kappa shape index (κ2) is 4.22. The van der Waals surface area contributed by atoms with E-state index < -0.39 is 0 Å². The summed E-state index contributed by atoms with van der Waals surface area (Å²) in [5.74, 6) is 4.89. The Hall–Kier alpha value is -0.690. The molecule has 0 saturated carbocycles. The molecular formula is C8H15N3O3. The van der Waals surface area contributed by atoms with Crippen LogP contribution in [0.3, 0.4) is 0 Å². The predicted molar refractivity (Wildman–Crippen MR) is 48.3 cm³/mol. The summed E-state index contributed by atoms with van der Waals surface area (Å²) < 4.78 is 10.8. The molecule has 14 heavy (non-hydrogen) atoms. The quantitative estimate of drug-likeness (QED) is 0.309. The van der Waals surface area contributed by atoms with Crippen molar-refractivity contribution in [3.05, 3.63) is 0 Å². The fraction of sp³-hybridized carbons (Fsp3) is 0.875. The number of amides is 1. The number of ether oxygens (including phenoxy) is 2. The first-order valence-corrected chi connectivity index (χ1v) is 4.72. The molecule has 2 saturated heterocycles. The summed E-state index contributed by atoms with van der Waals surface area (Å²) in [6.45, 7) is 2.87. The lowest BCUT2D eigenvalue weighted by Gasteiger charge is -2.44. The van der Waals surface area contributed by atoms with Crippen molar-refractivity contribution in [1.29, 1.82) is 0 Å². The van der Waals surface area contributed by atoms with Crippen LogP contribution in [0.1, 0.15) is 0 Å². The van der Waals surface area contributed by atoms with Crippen molar-refractivity contribution >= 4 is 5.91 Å². The number of hydrogen-bond acceptors (Lipinski definition) is 5. The molecule has 2 rings (SSSR count). The summed E-state index contributed by atoms with van der Waals surface area (Å²) in [6, 6.07) is 0.389. The summed E-state index contributed by atoms with van der Waals surface area (Å²) in [6.07, 6.45) is 0. The number of nitrogens with one attached hydrogen (secondary N) is 1. The van der Waals surface area contributed by atoms with Gasteiger partial charge in [0.2, 0.25) is 5.91 Å². The average Bonchev–Trinajstić information content (AvgIpc) is 2.17. The van der Waals surface area contributed by atoms with Crippen molar-refractivity contribution in [3.63, 3.8) is 0 Å². The molecule has 6 nitrogen and oxygen atoms in total. The Kier molecular flexibility index (Phi) is 2.97. The Labute approximate surface area is 82.3 Å². The van der Waals surface area contributed by atoms with E-state index in [-0.39, 0.29) is 18.0 Å². The highest BCUT2D eigenvalue weighted by atomic mass is 16.5. The monoisotopic (exact) mass is 201 g/mol. The summed E-state index contributed by atoms with van der Waals surface area (Å²) in [4.78, 5) is 13.3. The minimum absolute atomic E-state index is 0.163. The van der Waals surface area contributed by atoms with E-state index in [9.17, 15) is 4.79 Å². The SMILES string of the molecule is NNC(=O)CN1C2COCC1COC2. The molecule has 0 aromatic carbocycles. The molecule has 2 bridgehead atoms. The predicted octanol–water partition coefficient (Wildman–Crippen LogP) is -1.92. The maximum atomic E-state index is 11.2. The van der Waals surface area contributed by atoms with E-state index in [0.717, 1.165) is 0 Å². The molecule has 0 unspecified atom stereocenters. The Morgan fingerprint density at radius 2 is 1.79 bits per heavy atom. The van der Waals surface area contributed by atoms with Crippen molar-refractivity contribution in [2.24, 2.45) is 5.84 Å². The molecule has 80 valence electrons. The van der Waals surface area contributed by atoms with Gasteiger partial charge in [-0.25, -0.2) is 5.84 Å². The molecule has 0 aromatic heterocycles. The zero-order valence-electron chi connectivity index (χ0n) is 7.94. The molecule has 2 fully saturated rings. The number of nitrogens with zero attached hydrogens (tertiary/aromatic N) is 1. The zero-order valence-corrected chi connectivity index (χ0v) is 7.94. The molecule has 3 N–H and O–H groups in total. The molecular weight excluding hydrogens is 186 g/mol. The van der Waals surface area contributed by atoms with E-state index in [0.29, 0.717) is 33.0 Å². The fourth-order valence-electron chi connectivity index (χ4n) is 1.93. The minimum atomic E-state index is -0.163. The minimum Gasteiger partial charge on any atom is -0.378 e. The molecule has 0 aliphatic carbocycles. The van der Waals surface area contributed by atoms with Crippen molar-refractivity contribution < 1.29 is 14.3 Å². The smallest absolute Gasteiger partial charge is 0.248 e. The summed E-state index contributed by atoms with van der Waals surface area (Å²) in [7, 11) is 0. The lowest BCUT2D eigenvalue weighted by molar-refractivity contribution is -0.148. The van der Waals surface area contributed by atoms with Gasteiger partial charge in [0.15, 0.2) is 0 Å². The summed E-state index contributed by atoms with van der Waals surface area (Å²) >= 11 is 0. The Bertz CT molecular complexity index is 202. The van der Waals surface area contributed by atoms with Gasteiger partial charge in [-0.2, -0.15) is 0 Å². The highest BCUT2D eigenvalue weighted by molar-refractivity contribution is 5.77. The van der Waals surface area contributed by atoms with E-state index in [1.54, 1.807) is 0 Å².